The highest BCUT2D eigenvalue weighted by molar-refractivity contribution is 5.59. The number of ether oxygens (including phenoxy) is 2. The van der Waals surface area contributed by atoms with Gasteiger partial charge in [-0.1, -0.05) is 19.3 Å². The molecular formula is C10H19NO3. The van der Waals surface area contributed by atoms with Gasteiger partial charge in [0.15, 0.2) is 0 Å². The Kier molecular flexibility index (Phi) is 4.20. The van der Waals surface area contributed by atoms with E-state index in [4.69, 9.17) is 10.5 Å². The lowest BCUT2D eigenvalue weighted by molar-refractivity contribution is 0.0359. The highest BCUT2D eigenvalue weighted by Crippen LogP contribution is 2.26. The third-order valence-electron chi connectivity index (χ3n) is 2.59. The maximum atomic E-state index is 10.9. The summed E-state index contributed by atoms with van der Waals surface area (Å²) in [7, 11) is 0. The molecule has 1 rings (SSSR count). The second kappa shape index (κ2) is 5.20. The Labute approximate surface area is 84.7 Å². The van der Waals surface area contributed by atoms with Crippen LogP contribution in [-0.4, -0.2) is 24.9 Å². The minimum atomic E-state index is -0.608. The van der Waals surface area contributed by atoms with Gasteiger partial charge in [-0.15, -0.1) is 0 Å². The molecule has 0 aromatic rings. The van der Waals surface area contributed by atoms with Gasteiger partial charge in [-0.05, 0) is 19.8 Å². The van der Waals surface area contributed by atoms with E-state index in [0.29, 0.717) is 6.61 Å². The molecule has 82 valence electrons. The molecule has 0 unspecified atom stereocenters. The van der Waals surface area contributed by atoms with Gasteiger partial charge in [0.25, 0.3) is 0 Å². The number of carbonyl (C=O) groups is 1. The first-order valence-electron chi connectivity index (χ1n) is 5.25. The molecule has 0 atom stereocenters. The minimum absolute atomic E-state index is 0.284. The van der Waals surface area contributed by atoms with Gasteiger partial charge in [0.05, 0.1) is 12.1 Å². The van der Waals surface area contributed by atoms with E-state index in [1.54, 1.807) is 6.92 Å². The Morgan fingerprint density at radius 1 is 1.29 bits per heavy atom. The van der Waals surface area contributed by atoms with E-state index in [9.17, 15) is 4.79 Å². The predicted octanol–water partition coefficient (Wildman–Crippen LogP) is 1.82. The summed E-state index contributed by atoms with van der Waals surface area (Å²) in [5.41, 5.74) is 5.76. The predicted molar refractivity (Wildman–Crippen MR) is 53.0 cm³/mol. The van der Waals surface area contributed by atoms with Gasteiger partial charge in [0.1, 0.15) is 6.61 Å². The normalized spacial score (nSPS) is 20.1. The zero-order chi connectivity index (χ0) is 10.4. The van der Waals surface area contributed by atoms with Crippen LogP contribution in [0, 0.1) is 0 Å². The van der Waals surface area contributed by atoms with Crippen molar-refractivity contribution in [2.24, 2.45) is 5.73 Å². The van der Waals surface area contributed by atoms with Crippen molar-refractivity contribution in [3.8, 4) is 0 Å². The minimum Gasteiger partial charge on any atom is -0.435 e. The summed E-state index contributed by atoms with van der Waals surface area (Å²) in [4.78, 5) is 10.9. The first-order valence-corrected chi connectivity index (χ1v) is 5.25. The summed E-state index contributed by atoms with van der Waals surface area (Å²) in [5.74, 6) is 0. The molecule has 14 heavy (non-hydrogen) atoms. The van der Waals surface area contributed by atoms with Crippen molar-refractivity contribution in [1.29, 1.82) is 0 Å². The van der Waals surface area contributed by atoms with E-state index < -0.39 is 6.16 Å². The number of carbonyl (C=O) groups excluding carboxylic acids is 1. The average molecular weight is 201 g/mol. The van der Waals surface area contributed by atoms with Crippen LogP contribution in [0.2, 0.25) is 0 Å². The fraction of sp³-hybridized carbons (Fsp3) is 0.900. The van der Waals surface area contributed by atoms with Crippen molar-refractivity contribution in [2.45, 2.75) is 44.6 Å². The largest absolute Gasteiger partial charge is 0.508 e. The van der Waals surface area contributed by atoms with E-state index >= 15 is 0 Å². The lowest BCUT2D eigenvalue weighted by Gasteiger charge is -2.32. The molecule has 0 spiro atoms. The van der Waals surface area contributed by atoms with Crippen LogP contribution in [0.1, 0.15) is 39.0 Å². The Bertz CT molecular complexity index is 188. The second-order valence-corrected chi connectivity index (χ2v) is 3.89. The third kappa shape index (κ3) is 3.54. The molecule has 0 radical (unpaired) electrons. The topological polar surface area (TPSA) is 61.5 Å². The molecule has 4 nitrogen and oxygen atoms in total. The van der Waals surface area contributed by atoms with Crippen LogP contribution in [0.4, 0.5) is 4.79 Å². The maximum absolute atomic E-state index is 10.9. The van der Waals surface area contributed by atoms with Crippen molar-refractivity contribution >= 4 is 6.16 Å². The molecule has 0 aromatic heterocycles. The maximum Gasteiger partial charge on any atom is 0.508 e. The molecule has 0 amide bonds. The molecule has 0 aromatic carbocycles. The molecule has 1 aliphatic carbocycles. The summed E-state index contributed by atoms with van der Waals surface area (Å²) >= 11 is 0. The standard InChI is InChI=1S/C10H19NO3/c1-2-13-9(12)14-8-10(11)6-4-3-5-7-10/h2-8,11H2,1H3. The lowest BCUT2D eigenvalue weighted by Crippen LogP contribution is -2.46. The molecule has 2 N–H and O–H groups in total. The first kappa shape index (κ1) is 11.3. The molecule has 0 aliphatic heterocycles. The Morgan fingerprint density at radius 3 is 2.50 bits per heavy atom. The number of hydrogen-bond acceptors (Lipinski definition) is 4. The molecule has 1 saturated carbocycles. The van der Waals surface area contributed by atoms with Gasteiger partial charge >= 0.3 is 6.16 Å². The smallest absolute Gasteiger partial charge is 0.435 e. The molecule has 0 heterocycles. The van der Waals surface area contributed by atoms with Gasteiger partial charge in [-0.25, -0.2) is 4.79 Å². The van der Waals surface area contributed by atoms with Gasteiger partial charge in [-0.2, -0.15) is 0 Å². The summed E-state index contributed by atoms with van der Waals surface area (Å²) in [6.45, 7) is 2.38. The van der Waals surface area contributed by atoms with Crippen molar-refractivity contribution in [3.05, 3.63) is 0 Å². The van der Waals surface area contributed by atoms with Crippen LogP contribution in [0.25, 0.3) is 0 Å². The fourth-order valence-electron chi connectivity index (χ4n) is 1.76. The van der Waals surface area contributed by atoms with Gasteiger partial charge in [0.2, 0.25) is 0 Å². The fourth-order valence-corrected chi connectivity index (χ4v) is 1.76. The van der Waals surface area contributed by atoms with Gasteiger partial charge in [0, 0.05) is 0 Å². The first-order chi connectivity index (χ1) is 6.66. The molecule has 4 heteroatoms. The molecule has 0 saturated heterocycles. The summed E-state index contributed by atoms with van der Waals surface area (Å²) in [5, 5.41) is 0. The van der Waals surface area contributed by atoms with Crippen LogP contribution in [0.3, 0.4) is 0 Å². The highest BCUT2D eigenvalue weighted by Gasteiger charge is 2.29. The summed E-state index contributed by atoms with van der Waals surface area (Å²) in [6, 6.07) is 0. The third-order valence-corrected chi connectivity index (χ3v) is 2.59. The molecule has 1 fully saturated rings. The van der Waals surface area contributed by atoms with Crippen molar-refractivity contribution < 1.29 is 14.3 Å². The zero-order valence-electron chi connectivity index (χ0n) is 8.75. The monoisotopic (exact) mass is 201 g/mol. The summed E-state index contributed by atoms with van der Waals surface area (Å²) in [6.07, 6.45) is 4.76. The molecule has 1 aliphatic rings. The Morgan fingerprint density at radius 2 is 1.93 bits per heavy atom. The Balaban J connectivity index is 2.24. The average Bonchev–Trinajstić information content (AvgIpc) is 2.17. The van der Waals surface area contributed by atoms with Crippen molar-refractivity contribution in [1.82, 2.24) is 0 Å². The van der Waals surface area contributed by atoms with E-state index in [1.165, 1.54) is 6.42 Å². The Hall–Kier alpha value is -0.770. The number of nitrogens with two attached hydrogens (primary N) is 1. The highest BCUT2D eigenvalue weighted by atomic mass is 16.7. The summed E-state index contributed by atoms with van der Waals surface area (Å²) < 4.78 is 9.60. The van der Waals surface area contributed by atoms with E-state index in [2.05, 4.69) is 4.74 Å². The van der Waals surface area contributed by atoms with Crippen LogP contribution < -0.4 is 5.73 Å². The van der Waals surface area contributed by atoms with Crippen molar-refractivity contribution in [3.63, 3.8) is 0 Å². The van der Waals surface area contributed by atoms with E-state index in [-0.39, 0.29) is 12.1 Å². The number of rotatable bonds is 3. The molecular weight excluding hydrogens is 182 g/mol. The van der Waals surface area contributed by atoms with Crippen molar-refractivity contribution in [2.75, 3.05) is 13.2 Å². The molecule has 0 bridgehead atoms. The lowest BCUT2D eigenvalue weighted by atomic mass is 9.83. The zero-order valence-corrected chi connectivity index (χ0v) is 8.75. The van der Waals surface area contributed by atoms with Crippen LogP contribution >= 0.6 is 0 Å². The van der Waals surface area contributed by atoms with Crippen LogP contribution in [-0.2, 0) is 9.47 Å². The van der Waals surface area contributed by atoms with Gasteiger partial charge < -0.3 is 15.2 Å². The van der Waals surface area contributed by atoms with Gasteiger partial charge in [-0.3, -0.25) is 0 Å². The SMILES string of the molecule is CCOC(=O)OCC1(N)CCCCC1. The van der Waals surface area contributed by atoms with Crippen LogP contribution in [0.15, 0.2) is 0 Å². The van der Waals surface area contributed by atoms with E-state index in [1.807, 2.05) is 0 Å². The second-order valence-electron chi connectivity index (χ2n) is 3.89. The van der Waals surface area contributed by atoms with Crippen LogP contribution in [0.5, 0.6) is 0 Å². The number of hydrogen-bond donors (Lipinski definition) is 1. The van der Waals surface area contributed by atoms with E-state index in [0.717, 1.165) is 25.7 Å². The quantitative estimate of drug-likeness (QED) is 0.707.